The Morgan fingerprint density at radius 2 is 2.00 bits per heavy atom. The number of imide groups is 1. The third kappa shape index (κ3) is 2.03. The van der Waals surface area contributed by atoms with E-state index in [0.29, 0.717) is 31.4 Å². The van der Waals surface area contributed by atoms with Gasteiger partial charge in [0.2, 0.25) is 5.91 Å². The number of nitrogens with zero attached hydrogens (tertiary/aromatic N) is 1. The Balaban J connectivity index is 1.57. The number of rotatable bonds is 2. The second-order valence-electron chi connectivity index (χ2n) is 6.56. The standard InChI is InChI=1S/C16H16FN3O3/c17-11-3-1-2-10(8-11)15(4-5-15)13(22)20-7-6-16(9-20)12(21)18-14(23)19-16/h1-3,8H,4-7,9H2,(H2,18,19,21,23)/t16-/m0/s1. The lowest BCUT2D eigenvalue weighted by Gasteiger charge is -2.25. The number of urea groups is 1. The molecule has 4 amide bonds. The Kier molecular flexibility index (Phi) is 2.79. The van der Waals surface area contributed by atoms with Crippen molar-refractivity contribution in [3.05, 3.63) is 35.6 Å². The van der Waals surface area contributed by atoms with Crippen molar-refractivity contribution in [3.63, 3.8) is 0 Å². The van der Waals surface area contributed by atoms with Crippen molar-refractivity contribution in [2.75, 3.05) is 13.1 Å². The van der Waals surface area contributed by atoms with E-state index in [9.17, 15) is 18.8 Å². The largest absolute Gasteiger partial charge is 0.339 e. The zero-order valence-corrected chi connectivity index (χ0v) is 12.4. The molecule has 6 nitrogen and oxygen atoms in total. The highest BCUT2D eigenvalue weighted by Gasteiger charge is 2.58. The highest BCUT2D eigenvalue weighted by molar-refractivity contribution is 6.08. The van der Waals surface area contributed by atoms with Gasteiger partial charge in [-0.1, -0.05) is 12.1 Å². The van der Waals surface area contributed by atoms with Crippen LogP contribution in [0.15, 0.2) is 24.3 Å². The molecule has 0 radical (unpaired) electrons. The summed E-state index contributed by atoms with van der Waals surface area (Å²) < 4.78 is 13.5. The van der Waals surface area contributed by atoms with Crippen molar-refractivity contribution in [2.24, 2.45) is 0 Å². The van der Waals surface area contributed by atoms with E-state index < -0.39 is 17.0 Å². The number of carbonyl (C=O) groups excluding carboxylic acids is 3. The highest BCUT2D eigenvalue weighted by atomic mass is 19.1. The molecule has 2 saturated heterocycles. The van der Waals surface area contributed by atoms with Crippen LogP contribution in [0, 0.1) is 5.82 Å². The van der Waals surface area contributed by atoms with Gasteiger partial charge in [-0.25, -0.2) is 9.18 Å². The maximum absolute atomic E-state index is 13.5. The second kappa shape index (κ2) is 4.53. The van der Waals surface area contributed by atoms with Crippen molar-refractivity contribution in [1.29, 1.82) is 0 Å². The summed E-state index contributed by atoms with van der Waals surface area (Å²) >= 11 is 0. The van der Waals surface area contributed by atoms with Crippen LogP contribution < -0.4 is 10.6 Å². The van der Waals surface area contributed by atoms with Gasteiger partial charge in [0.05, 0.1) is 12.0 Å². The van der Waals surface area contributed by atoms with Crippen LogP contribution >= 0.6 is 0 Å². The van der Waals surface area contributed by atoms with Gasteiger partial charge in [-0.15, -0.1) is 0 Å². The average Bonchev–Trinajstić information content (AvgIpc) is 3.14. The average molecular weight is 317 g/mol. The quantitative estimate of drug-likeness (QED) is 0.787. The molecule has 2 aliphatic heterocycles. The molecule has 3 fully saturated rings. The van der Waals surface area contributed by atoms with Crippen molar-refractivity contribution >= 4 is 17.8 Å². The molecule has 1 aromatic carbocycles. The number of likely N-dealkylation sites (tertiary alicyclic amines) is 1. The first-order valence-electron chi connectivity index (χ1n) is 7.64. The molecule has 1 spiro atoms. The zero-order chi connectivity index (χ0) is 16.2. The third-order valence-electron chi connectivity index (χ3n) is 5.11. The molecule has 0 bridgehead atoms. The van der Waals surface area contributed by atoms with E-state index in [2.05, 4.69) is 10.6 Å². The number of hydrogen-bond donors (Lipinski definition) is 2. The van der Waals surface area contributed by atoms with Crippen LogP contribution in [-0.2, 0) is 15.0 Å². The van der Waals surface area contributed by atoms with Gasteiger partial charge in [-0.3, -0.25) is 14.9 Å². The van der Waals surface area contributed by atoms with Crippen LogP contribution in [0.3, 0.4) is 0 Å². The van der Waals surface area contributed by atoms with Crippen LogP contribution in [0.5, 0.6) is 0 Å². The molecule has 0 aromatic heterocycles. The highest BCUT2D eigenvalue weighted by Crippen LogP contribution is 2.50. The van der Waals surface area contributed by atoms with Crippen LogP contribution in [0.1, 0.15) is 24.8 Å². The zero-order valence-electron chi connectivity index (χ0n) is 12.4. The summed E-state index contributed by atoms with van der Waals surface area (Å²) in [5.74, 6) is -0.829. The molecule has 1 aromatic rings. The van der Waals surface area contributed by atoms with Gasteiger partial charge in [-0.05, 0) is 37.0 Å². The van der Waals surface area contributed by atoms with Gasteiger partial charge in [-0.2, -0.15) is 0 Å². The number of halogens is 1. The summed E-state index contributed by atoms with van der Waals surface area (Å²) in [5, 5.41) is 4.86. The molecule has 3 aliphatic rings. The maximum Gasteiger partial charge on any atom is 0.322 e. The van der Waals surface area contributed by atoms with E-state index in [-0.39, 0.29) is 24.2 Å². The van der Waals surface area contributed by atoms with Crippen LogP contribution in [0.2, 0.25) is 0 Å². The summed E-state index contributed by atoms with van der Waals surface area (Å²) in [6, 6.07) is 5.61. The fourth-order valence-electron chi connectivity index (χ4n) is 3.64. The molecule has 1 aliphatic carbocycles. The first-order valence-corrected chi connectivity index (χ1v) is 7.64. The molecule has 23 heavy (non-hydrogen) atoms. The molecule has 2 N–H and O–H groups in total. The first kappa shape index (κ1) is 14.2. The Hall–Kier alpha value is -2.44. The molecular weight excluding hydrogens is 301 g/mol. The maximum atomic E-state index is 13.5. The van der Waals surface area contributed by atoms with Gasteiger partial charge in [0.25, 0.3) is 5.91 Å². The Bertz CT molecular complexity index is 731. The number of amides is 4. The topological polar surface area (TPSA) is 78.5 Å². The Labute approximate surface area is 132 Å². The van der Waals surface area contributed by atoms with E-state index in [0.717, 1.165) is 0 Å². The fraction of sp³-hybridized carbons (Fsp3) is 0.438. The van der Waals surface area contributed by atoms with Crippen LogP contribution in [0.25, 0.3) is 0 Å². The van der Waals surface area contributed by atoms with Gasteiger partial charge >= 0.3 is 6.03 Å². The lowest BCUT2D eigenvalue weighted by molar-refractivity contribution is -0.133. The van der Waals surface area contributed by atoms with E-state index in [4.69, 9.17) is 0 Å². The van der Waals surface area contributed by atoms with Crippen molar-refractivity contribution < 1.29 is 18.8 Å². The summed E-state index contributed by atoms with van der Waals surface area (Å²) in [6.45, 7) is 0.573. The summed E-state index contributed by atoms with van der Waals surface area (Å²) in [6.07, 6.45) is 1.75. The predicted octanol–water partition coefficient (Wildman–Crippen LogP) is 0.668. The van der Waals surface area contributed by atoms with Crippen LogP contribution in [0.4, 0.5) is 9.18 Å². The fourth-order valence-corrected chi connectivity index (χ4v) is 3.64. The summed E-state index contributed by atoms with van der Waals surface area (Å²) in [5.41, 5.74) is -0.999. The molecule has 4 rings (SSSR count). The summed E-state index contributed by atoms with van der Waals surface area (Å²) in [4.78, 5) is 37.9. The monoisotopic (exact) mass is 317 g/mol. The van der Waals surface area contributed by atoms with Crippen molar-refractivity contribution in [2.45, 2.75) is 30.2 Å². The predicted molar refractivity (Wildman–Crippen MR) is 77.9 cm³/mol. The lowest BCUT2D eigenvalue weighted by atomic mass is 9.94. The lowest BCUT2D eigenvalue weighted by Crippen LogP contribution is -2.50. The van der Waals surface area contributed by atoms with E-state index in [1.165, 1.54) is 12.1 Å². The molecule has 7 heteroatoms. The van der Waals surface area contributed by atoms with Crippen LogP contribution in [-0.4, -0.2) is 41.4 Å². The van der Waals surface area contributed by atoms with Gasteiger partial charge in [0.15, 0.2) is 0 Å². The van der Waals surface area contributed by atoms with E-state index >= 15 is 0 Å². The van der Waals surface area contributed by atoms with Crippen molar-refractivity contribution in [1.82, 2.24) is 15.5 Å². The molecule has 2 heterocycles. The minimum Gasteiger partial charge on any atom is -0.339 e. The Morgan fingerprint density at radius 1 is 1.22 bits per heavy atom. The SMILES string of the molecule is O=C1NC(=O)[C@@]2(CCN(C(=O)C3(c4cccc(F)c4)CC3)C2)N1. The van der Waals surface area contributed by atoms with E-state index in [1.54, 1.807) is 17.0 Å². The molecular formula is C16H16FN3O3. The minimum atomic E-state index is -1.01. The Morgan fingerprint density at radius 3 is 2.61 bits per heavy atom. The third-order valence-corrected chi connectivity index (χ3v) is 5.11. The molecule has 1 atom stereocenters. The van der Waals surface area contributed by atoms with Gasteiger partial charge in [0.1, 0.15) is 11.4 Å². The summed E-state index contributed by atoms with van der Waals surface area (Å²) in [7, 11) is 0. The van der Waals surface area contributed by atoms with E-state index in [1.807, 2.05) is 0 Å². The molecule has 120 valence electrons. The normalized spacial score (nSPS) is 28.0. The van der Waals surface area contributed by atoms with Gasteiger partial charge in [0, 0.05) is 6.54 Å². The van der Waals surface area contributed by atoms with Gasteiger partial charge < -0.3 is 10.2 Å². The minimum absolute atomic E-state index is 0.0890. The molecule has 0 unspecified atom stereocenters. The van der Waals surface area contributed by atoms with Crippen molar-refractivity contribution in [3.8, 4) is 0 Å². The first-order chi connectivity index (χ1) is 11.0. The number of carbonyl (C=O) groups is 3. The second-order valence-corrected chi connectivity index (χ2v) is 6.56. The number of hydrogen-bond acceptors (Lipinski definition) is 3. The molecule has 1 saturated carbocycles. The number of benzene rings is 1. The smallest absolute Gasteiger partial charge is 0.322 e. The number of nitrogens with one attached hydrogen (secondary N) is 2.